The summed E-state index contributed by atoms with van der Waals surface area (Å²) in [5.74, 6) is -0.806. The van der Waals surface area contributed by atoms with Crippen LogP contribution in [-0.4, -0.2) is 57.2 Å². The molecule has 1 aliphatic rings. The van der Waals surface area contributed by atoms with Gasteiger partial charge in [-0.15, -0.1) is 0 Å². The van der Waals surface area contributed by atoms with E-state index >= 15 is 0 Å². The molecule has 2 rings (SSSR count). The minimum atomic E-state index is -3.79. The lowest BCUT2D eigenvalue weighted by atomic mass is 10.0. The molecule has 1 fully saturated rings. The van der Waals surface area contributed by atoms with Gasteiger partial charge in [-0.3, -0.25) is 9.69 Å². The maximum atomic E-state index is 12.7. The molecule has 1 unspecified atom stereocenters. The normalized spacial score (nSPS) is 18.9. The molecule has 0 aromatic heterocycles. The summed E-state index contributed by atoms with van der Waals surface area (Å²) in [6, 6.07) is 4.60. The zero-order valence-electron chi connectivity index (χ0n) is 14.7. The molecule has 1 aromatic rings. The number of carboxylic acids is 1. The number of sulfonamides is 1. The molecule has 1 heterocycles. The molecule has 0 spiro atoms. The van der Waals surface area contributed by atoms with Crippen molar-refractivity contribution in [3.8, 4) is 5.75 Å². The zero-order valence-corrected chi connectivity index (χ0v) is 15.5. The van der Waals surface area contributed by atoms with Gasteiger partial charge in [-0.2, -0.15) is 0 Å². The fraction of sp³-hybridized carbons (Fsp3) is 0.588. The van der Waals surface area contributed by atoms with Crippen molar-refractivity contribution in [2.45, 2.75) is 43.5 Å². The predicted molar refractivity (Wildman–Crippen MR) is 94.4 cm³/mol. The van der Waals surface area contributed by atoms with E-state index in [1.54, 1.807) is 6.07 Å². The van der Waals surface area contributed by atoms with E-state index in [2.05, 4.69) is 16.5 Å². The van der Waals surface area contributed by atoms with Crippen molar-refractivity contribution in [1.29, 1.82) is 0 Å². The molecular weight excluding hydrogens is 344 g/mol. The van der Waals surface area contributed by atoms with Crippen LogP contribution < -0.4 is 9.46 Å². The maximum Gasteiger partial charge on any atom is 0.307 e. The Morgan fingerprint density at radius 2 is 2.16 bits per heavy atom. The summed E-state index contributed by atoms with van der Waals surface area (Å²) in [6.45, 7) is 4.29. The summed E-state index contributed by atoms with van der Waals surface area (Å²) < 4.78 is 33.3. The number of carbonyl (C=O) groups is 1. The summed E-state index contributed by atoms with van der Waals surface area (Å²) in [5.41, 5.74) is 0.418. The zero-order chi connectivity index (χ0) is 18.4. The van der Waals surface area contributed by atoms with Crippen molar-refractivity contribution in [2.75, 3.05) is 26.7 Å². The molecule has 8 heteroatoms. The molecule has 1 aromatic carbocycles. The van der Waals surface area contributed by atoms with Crippen LogP contribution in [0.2, 0.25) is 0 Å². The molecule has 0 saturated carbocycles. The predicted octanol–water partition coefficient (Wildman–Crippen LogP) is 1.47. The van der Waals surface area contributed by atoms with Crippen LogP contribution in [0.5, 0.6) is 5.75 Å². The number of ether oxygens (including phenoxy) is 1. The number of rotatable bonds is 8. The topological polar surface area (TPSA) is 95.9 Å². The molecule has 1 atom stereocenters. The number of carboxylic acid groups (broad SMARTS) is 1. The fourth-order valence-electron chi connectivity index (χ4n) is 3.21. The third-order valence-electron chi connectivity index (χ3n) is 4.54. The molecule has 0 aliphatic carbocycles. The Kier molecular flexibility index (Phi) is 6.80. The number of likely N-dealkylation sites (N-methyl/N-ethyl adjacent to an activating group) is 1. The van der Waals surface area contributed by atoms with E-state index in [0.29, 0.717) is 12.1 Å². The number of nitrogens with one attached hydrogen (secondary N) is 1. The van der Waals surface area contributed by atoms with E-state index in [4.69, 9.17) is 9.84 Å². The second kappa shape index (κ2) is 8.64. The molecule has 0 amide bonds. The molecule has 0 radical (unpaired) electrons. The molecule has 2 N–H and O–H groups in total. The Balaban J connectivity index is 2.18. The third-order valence-corrected chi connectivity index (χ3v) is 5.98. The summed E-state index contributed by atoms with van der Waals surface area (Å²) in [4.78, 5) is 13.1. The van der Waals surface area contributed by atoms with Crippen LogP contribution >= 0.6 is 0 Å². The van der Waals surface area contributed by atoms with Gasteiger partial charge in [0.2, 0.25) is 10.0 Å². The van der Waals surface area contributed by atoms with Gasteiger partial charge < -0.3 is 9.84 Å². The quantitative estimate of drug-likeness (QED) is 0.719. The van der Waals surface area contributed by atoms with E-state index in [0.717, 1.165) is 32.4 Å². The van der Waals surface area contributed by atoms with Gasteiger partial charge in [-0.05, 0) is 43.6 Å². The van der Waals surface area contributed by atoms with E-state index in [1.807, 2.05) is 0 Å². The average Bonchev–Trinajstić information content (AvgIpc) is 2.59. The molecular formula is C17H26N2O5S. The third kappa shape index (κ3) is 5.17. The summed E-state index contributed by atoms with van der Waals surface area (Å²) in [6.07, 6.45) is 2.97. The van der Waals surface area contributed by atoms with Crippen molar-refractivity contribution < 1.29 is 23.1 Å². The van der Waals surface area contributed by atoms with E-state index in [1.165, 1.54) is 19.2 Å². The molecule has 0 bridgehead atoms. The molecule has 1 saturated heterocycles. The van der Waals surface area contributed by atoms with Crippen molar-refractivity contribution in [3.63, 3.8) is 0 Å². The lowest BCUT2D eigenvalue weighted by molar-refractivity contribution is -0.136. The second-order valence-electron chi connectivity index (χ2n) is 6.19. The van der Waals surface area contributed by atoms with Gasteiger partial charge in [-0.25, -0.2) is 13.1 Å². The van der Waals surface area contributed by atoms with Crippen LogP contribution in [0.1, 0.15) is 31.7 Å². The highest BCUT2D eigenvalue weighted by Gasteiger charge is 2.25. The first-order valence-electron chi connectivity index (χ1n) is 8.49. The number of aliphatic carboxylic acids is 1. The molecule has 140 valence electrons. The van der Waals surface area contributed by atoms with Gasteiger partial charge in [0.1, 0.15) is 10.6 Å². The average molecular weight is 370 g/mol. The summed E-state index contributed by atoms with van der Waals surface area (Å²) in [5, 5.41) is 8.92. The minimum absolute atomic E-state index is 0.0207. The number of nitrogens with zero attached hydrogens (tertiary/aromatic N) is 1. The van der Waals surface area contributed by atoms with Crippen LogP contribution in [-0.2, 0) is 21.2 Å². The van der Waals surface area contributed by atoms with Crippen LogP contribution in [0.4, 0.5) is 0 Å². The van der Waals surface area contributed by atoms with Crippen LogP contribution in [0.3, 0.4) is 0 Å². The fourth-order valence-corrected chi connectivity index (χ4v) is 4.50. The van der Waals surface area contributed by atoms with E-state index < -0.39 is 16.0 Å². The highest BCUT2D eigenvalue weighted by molar-refractivity contribution is 7.89. The maximum absolute atomic E-state index is 12.7. The van der Waals surface area contributed by atoms with Gasteiger partial charge in [0, 0.05) is 12.6 Å². The van der Waals surface area contributed by atoms with Crippen molar-refractivity contribution in [2.24, 2.45) is 0 Å². The Bertz CT molecular complexity index is 705. The van der Waals surface area contributed by atoms with Gasteiger partial charge in [0.25, 0.3) is 0 Å². The van der Waals surface area contributed by atoms with Crippen molar-refractivity contribution in [3.05, 3.63) is 23.8 Å². The van der Waals surface area contributed by atoms with Gasteiger partial charge in [-0.1, -0.05) is 19.4 Å². The number of likely N-dealkylation sites (tertiary alicyclic amines) is 1. The van der Waals surface area contributed by atoms with Crippen LogP contribution in [0.15, 0.2) is 23.1 Å². The number of hydrogen-bond donors (Lipinski definition) is 2. The minimum Gasteiger partial charge on any atom is -0.495 e. The monoisotopic (exact) mass is 370 g/mol. The number of benzene rings is 1. The largest absolute Gasteiger partial charge is 0.495 e. The number of methoxy groups -OCH3 is 1. The number of hydrogen-bond acceptors (Lipinski definition) is 5. The van der Waals surface area contributed by atoms with Crippen molar-refractivity contribution >= 4 is 16.0 Å². The Morgan fingerprint density at radius 1 is 1.40 bits per heavy atom. The van der Waals surface area contributed by atoms with Gasteiger partial charge in [0.05, 0.1) is 13.5 Å². The smallest absolute Gasteiger partial charge is 0.307 e. The van der Waals surface area contributed by atoms with E-state index in [-0.39, 0.29) is 23.1 Å². The first-order chi connectivity index (χ1) is 11.9. The first kappa shape index (κ1) is 19.7. The van der Waals surface area contributed by atoms with E-state index in [9.17, 15) is 13.2 Å². The first-order valence-corrected chi connectivity index (χ1v) is 9.98. The van der Waals surface area contributed by atoms with Gasteiger partial charge >= 0.3 is 5.97 Å². The highest BCUT2D eigenvalue weighted by Crippen LogP contribution is 2.25. The molecule has 1 aliphatic heterocycles. The standard InChI is InChI=1S/C17H26N2O5S/c1-3-19-9-5-4-6-14(19)12-18-25(22,23)16-10-13(11-17(20)21)7-8-15(16)24-2/h7-8,10,14,18H,3-6,9,11-12H2,1-2H3,(H,20,21). The Labute approximate surface area is 149 Å². The Hall–Kier alpha value is -1.64. The SMILES string of the molecule is CCN1CCCCC1CNS(=O)(=O)c1cc(CC(=O)O)ccc1OC. The molecule has 7 nitrogen and oxygen atoms in total. The van der Waals surface area contributed by atoms with Crippen LogP contribution in [0.25, 0.3) is 0 Å². The second-order valence-corrected chi connectivity index (χ2v) is 7.92. The Morgan fingerprint density at radius 3 is 2.80 bits per heavy atom. The molecule has 25 heavy (non-hydrogen) atoms. The number of piperidine rings is 1. The highest BCUT2D eigenvalue weighted by atomic mass is 32.2. The van der Waals surface area contributed by atoms with Crippen molar-refractivity contribution in [1.82, 2.24) is 9.62 Å². The lowest BCUT2D eigenvalue weighted by Crippen LogP contribution is -2.46. The lowest BCUT2D eigenvalue weighted by Gasteiger charge is -2.34. The summed E-state index contributed by atoms with van der Waals surface area (Å²) >= 11 is 0. The summed E-state index contributed by atoms with van der Waals surface area (Å²) in [7, 11) is -2.39. The van der Waals surface area contributed by atoms with Crippen LogP contribution in [0, 0.1) is 0 Å². The van der Waals surface area contributed by atoms with Gasteiger partial charge in [0.15, 0.2) is 0 Å².